The Morgan fingerprint density at radius 1 is 1.20 bits per heavy atom. The lowest BCUT2D eigenvalue weighted by Crippen LogP contribution is -2.38. The predicted molar refractivity (Wildman–Crippen MR) is 114 cm³/mol. The monoisotopic (exact) mass is 401 g/mol. The van der Waals surface area contributed by atoms with Gasteiger partial charge in [0.1, 0.15) is 5.52 Å². The number of imidazole rings is 1. The molecule has 1 unspecified atom stereocenters. The Kier molecular flexibility index (Phi) is 4.71. The Balaban J connectivity index is 1.34. The van der Waals surface area contributed by atoms with Crippen molar-refractivity contribution < 1.29 is 9.21 Å². The van der Waals surface area contributed by atoms with E-state index in [1.165, 1.54) is 5.56 Å². The van der Waals surface area contributed by atoms with Crippen molar-refractivity contribution in [1.82, 2.24) is 24.8 Å². The number of fused-ring (bicyclic) bond motifs is 1. The topological polar surface area (TPSA) is 76.2 Å². The molecular formula is C23H23N5O2. The van der Waals surface area contributed by atoms with Gasteiger partial charge in [-0.05, 0) is 43.2 Å². The second-order valence-electron chi connectivity index (χ2n) is 7.66. The van der Waals surface area contributed by atoms with E-state index >= 15 is 0 Å². The second kappa shape index (κ2) is 7.67. The number of pyridine rings is 1. The van der Waals surface area contributed by atoms with E-state index in [4.69, 9.17) is 9.40 Å². The number of likely N-dealkylation sites (tertiary alicyclic amines) is 1. The zero-order valence-corrected chi connectivity index (χ0v) is 16.8. The van der Waals surface area contributed by atoms with Crippen LogP contribution in [0.15, 0.2) is 65.4 Å². The van der Waals surface area contributed by atoms with E-state index in [1.807, 2.05) is 41.3 Å². The molecule has 4 aromatic rings. The predicted octanol–water partition coefficient (Wildman–Crippen LogP) is 4.16. The van der Waals surface area contributed by atoms with Crippen LogP contribution in [0.1, 0.15) is 23.6 Å². The van der Waals surface area contributed by atoms with Crippen LogP contribution in [0, 0.1) is 6.92 Å². The first-order valence-electron chi connectivity index (χ1n) is 10.1. The van der Waals surface area contributed by atoms with E-state index in [0.29, 0.717) is 25.4 Å². The van der Waals surface area contributed by atoms with Crippen LogP contribution in [-0.4, -0.2) is 38.6 Å². The maximum atomic E-state index is 12.7. The molecule has 1 aliphatic heterocycles. The van der Waals surface area contributed by atoms with Gasteiger partial charge >= 0.3 is 6.03 Å². The quantitative estimate of drug-likeness (QED) is 0.557. The zero-order valence-electron chi connectivity index (χ0n) is 16.8. The fourth-order valence-electron chi connectivity index (χ4n) is 3.99. The zero-order chi connectivity index (χ0) is 20.5. The third-order valence-corrected chi connectivity index (χ3v) is 5.57. The Bertz CT molecular complexity index is 1160. The van der Waals surface area contributed by atoms with Crippen LogP contribution in [-0.2, 0) is 6.54 Å². The first-order chi connectivity index (χ1) is 14.7. The summed E-state index contributed by atoms with van der Waals surface area (Å²) < 4.78 is 7.73. The molecule has 2 amide bonds. The third kappa shape index (κ3) is 3.43. The van der Waals surface area contributed by atoms with E-state index < -0.39 is 0 Å². The van der Waals surface area contributed by atoms with Gasteiger partial charge in [0.25, 0.3) is 0 Å². The molecule has 1 atom stereocenters. The average molecular weight is 401 g/mol. The Morgan fingerprint density at radius 2 is 2.07 bits per heavy atom. The molecule has 7 nitrogen and oxygen atoms in total. The minimum atomic E-state index is -0.0463. The van der Waals surface area contributed by atoms with Crippen molar-refractivity contribution in [1.29, 1.82) is 0 Å². The van der Waals surface area contributed by atoms with Crippen molar-refractivity contribution in [2.75, 3.05) is 13.1 Å². The third-order valence-electron chi connectivity index (χ3n) is 5.57. The standard InChI is InChI=1S/C23H23N5O2/c1-16-6-8-17(9-7-16)14-25-23(29)27-12-10-18(15-27)28-21-19(4-2-11-24-21)26-22(28)20-5-3-13-30-20/h2-9,11,13,18H,10,12,14-15H2,1H3,(H,25,29). The molecule has 3 aromatic heterocycles. The molecule has 1 fully saturated rings. The molecule has 0 bridgehead atoms. The largest absolute Gasteiger partial charge is 0.461 e. The van der Waals surface area contributed by atoms with Crippen molar-refractivity contribution >= 4 is 17.2 Å². The van der Waals surface area contributed by atoms with Gasteiger partial charge in [-0.1, -0.05) is 29.8 Å². The van der Waals surface area contributed by atoms with Crippen molar-refractivity contribution in [3.63, 3.8) is 0 Å². The van der Waals surface area contributed by atoms with E-state index in [9.17, 15) is 4.79 Å². The van der Waals surface area contributed by atoms with Gasteiger partial charge in [-0.25, -0.2) is 14.8 Å². The van der Waals surface area contributed by atoms with Crippen LogP contribution in [0.25, 0.3) is 22.7 Å². The number of carbonyl (C=O) groups excluding carboxylic acids is 1. The fourth-order valence-corrected chi connectivity index (χ4v) is 3.99. The molecule has 0 spiro atoms. The molecule has 1 aliphatic rings. The van der Waals surface area contributed by atoms with Crippen LogP contribution < -0.4 is 5.32 Å². The summed E-state index contributed by atoms with van der Waals surface area (Å²) in [4.78, 5) is 23.9. The lowest BCUT2D eigenvalue weighted by atomic mass is 10.1. The van der Waals surface area contributed by atoms with Crippen molar-refractivity contribution in [3.8, 4) is 11.6 Å². The molecular weight excluding hydrogens is 378 g/mol. The number of furan rings is 1. The summed E-state index contributed by atoms with van der Waals surface area (Å²) in [5.41, 5.74) is 3.94. The van der Waals surface area contributed by atoms with Gasteiger partial charge in [-0.3, -0.25) is 0 Å². The van der Waals surface area contributed by atoms with Gasteiger partial charge in [0, 0.05) is 25.8 Å². The van der Waals surface area contributed by atoms with Crippen LogP contribution in [0.4, 0.5) is 4.79 Å². The number of benzene rings is 1. The number of carbonyl (C=O) groups is 1. The minimum absolute atomic E-state index is 0.0463. The van der Waals surface area contributed by atoms with Gasteiger partial charge in [0.05, 0.1) is 12.3 Å². The van der Waals surface area contributed by atoms with E-state index in [1.54, 1.807) is 12.5 Å². The molecule has 152 valence electrons. The number of hydrogen-bond acceptors (Lipinski definition) is 4. The summed E-state index contributed by atoms with van der Waals surface area (Å²) in [5, 5.41) is 3.03. The lowest BCUT2D eigenvalue weighted by Gasteiger charge is -2.19. The number of aryl methyl sites for hydroxylation is 1. The van der Waals surface area contributed by atoms with Crippen molar-refractivity contribution in [3.05, 3.63) is 72.1 Å². The Morgan fingerprint density at radius 3 is 2.87 bits per heavy atom. The Hall–Kier alpha value is -3.61. The first-order valence-corrected chi connectivity index (χ1v) is 10.1. The fraction of sp³-hybridized carbons (Fsp3) is 0.261. The van der Waals surface area contributed by atoms with Gasteiger partial charge in [0.2, 0.25) is 0 Å². The number of hydrogen-bond donors (Lipinski definition) is 1. The molecule has 5 rings (SSSR count). The van der Waals surface area contributed by atoms with Crippen LogP contribution in [0.2, 0.25) is 0 Å². The summed E-state index contributed by atoms with van der Waals surface area (Å²) in [6.45, 7) is 3.87. The smallest absolute Gasteiger partial charge is 0.317 e. The molecule has 1 saturated heterocycles. The van der Waals surface area contributed by atoms with Crippen molar-refractivity contribution in [2.24, 2.45) is 0 Å². The highest BCUT2D eigenvalue weighted by molar-refractivity contribution is 5.77. The second-order valence-corrected chi connectivity index (χ2v) is 7.66. The van der Waals surface area contributed by atoms with Crippen molar-refractivity contribution in [2.45, 2.75) is 25.9 Å². The lowest BCUT2D eigenvalue weighted by molar-refractivity contribution is 0.207. The summed E-state index contributed by atoms with van der Waals surface area (Å²) >= 11 is 0. The van der Waals surface area contributed by atoms with Crippen LogP contribution >= 0.6 is 0 Å². The SMILES string of the molecule is Cc1ccc(CNC(=O)N2CCC(n3c(-c4ccco4)nc4cccnc43)C2)cc1. The molecule has 1 N–H and O–H groups in total. The van der Waals surface area contributed by atoms with Gasteiger partial charge < -0.3 is 19.2 Å². The highest BCUT2D eigenvalue weighted by Crippen LogP contribution is 2.32. The van der Waals surface area contributed by atoms with Crippen LogP contribution in [0.3, 0.4) is 0 Å². The summed E-state index contributed by atoms with van der Waals surface area (Å²) in [7, 11) is 0. The summed E-state index contributed by atoms with van der Waals surface area (Å²) in [6, 6.07) is 15.8. The van der Waals surface area contributed by atoms with Crippen LogP contribution in [0.5, 0.6) is 0 Å². The molecule has 7 heteroatoms. The molecule has 0 aliphatic carbocycles. The molecule has 30 heavy (non-hydrogen) atoms. The van der Waals surface area contributed by atoms with E-state index in [0.717, 1.165) is 29.0 Å². The summed E-state index contributed by atoms with van der Waals surface area (Å²) in [6.07, 6.45) is 4.26. The minimum Gasteiger partial charge on any atom is -0.461 e. The van der Waals surface area contributed by atoms with E-state index in [2.05, 4.69) is 33.9 Å². The number of amides is 2. The molecule has 4 heterocycles. The average Bonchev–Trinajstić information content (AvgIpc) is 3.51. The normalized spacial score (nSPS) is 16.3. The Labute approximate surface area is 174 Å². The number of rotatable bonds is 4. The first kappa shape index (κ1) is 18.4. The van der Waals surface area contributed by atoms with Gasteiger partial charge in [-0.15, -0.1) is 0 Å². The highest BCUT2D eigenvalue weighted by Gasteiger charge is 2.31. The molecule has 0 saturated carbocycles. The van der Waals surface area contributed by atoms with Gasteiger partial charge in [0.15, 0.2) is 17.2 Å². The summed E-state index contributed by atoms with van der Waals surface area (Å²) in [5.74, 6) is 1.45. The van der Waals surface area contributed by atoms with Gasteiger partial charge in [-0.2, -0.15) is 0 Å². The van der Waals surface area contributed by atoms with E-state index in [-0.39, 0.29) is 12.1 Å². The highest BCUT2D eigenvalue weighted by atomic mass is 16.3. The number of urea groups is 1. The maximum absolute atomic E-state index is 12.7. The molecule has 1 aromatic carbocycles. The number of nitrogens with one attached hydrogen (secondary N) is 1. The number of nitrogens with zero attached hydrogens (tertiary/aromatic N) is 4. The molecule has 0 radical (unpaired) electrons. The number of aromatic nitrogens is 3. The maximum Gasteiger partial charge on any atom is 0.317 e.